The number of aryl methyl sites for hydroxylation is 4. The zero-order valence-electron chi connectivity index (χ0n) is 34.6. The zero-order valence-corrected chi connectivity index (χ0v) is 35.5. The van der Waals surface area contributed by atoms with Gasteiger partial charge in [0.1, 0.15) is 0 Å². The minimum atomic E-state index is -4.24. The van der Waals surface area contributed by atoms with Crippen molar-refractivity contribution in [2.45, 2.75) is 47.0 Å². The molecule has 0 aliphatic rings. The molecule has 0 unspecified atom stereocenters. The molecule has 0 heterocycles. The van der Waals surface area contributed by atoms with E-state index in [1.54, 1.807) is 12.1 Å². The van der Waals surface area contributed by atoms with E-state index in [2.05, 4.69) is 140 Å². The molecule has 0 saturated heterocycles. The number of hydrogen-bond donors (Lipinski definition) is 3. The molecule has 300 valence electrons. The van der Waals surface area contributed by atoms with Gasteiger partial charge in [-0.1, -0.05) is 0 Å². The van der Waals surface area contributed by atoms with Crippen molar-refractivity contribution in [1.82, 2.24) is 0 Å². The number of phenolic OH excluding ortho intramolecular Hbond substituents is 3. The summed E-state index contributed by atoms with van der Waals surface area (Å²) in [7, 11) is 0. The fourth-order valence-corrected chi connectivity index (χ4v) is 14.6. The molecule has 0 aliphatic heterocycles. The van der Waals surface area contributed by atoms with Crippen LogP contribution in [0.15, 0.2) is 182 Å². The normalized spacial score (nSPS) is 12.1. The third-order valence-corrected chi connectivity index (χ3v) is 17.4. The molecule has 5 heteroatoms. The van der Waals surface area contributed by atoms with Crippen LogP contribution < -0.4 is 25.7 Å². The third-order valence-electron chi connectivity index (χ3n) is 11.8. The van der Waals surface area contributed by atoms with E-state index < -0.39 is 6.83 Å². The average Bonchev–Trinajstić information content (AvgIpc) is 3.26. The van der Waals surface area contributed by atoms with E-state index in [0.29, 0.717) is 25.0 Å². The molecule has 4 nitrogen and oxygen atoms in total. The summed E-state index contributed by atoms with van der Waals surface area (Å²) in [4.78, 5) is 0. The van der Waals surface area contributed by atoms with Crippen LogP contribution in [0.2, 0.25) is 0 Å². The number of para-hydroxylation sites is 1. The van der Waals surface area contributed by atoms with Crippen molar-refractivity contribution in [2.24, 2.45) is 0 Å². The van der Waals surface area contributed by atoms with Crippen LogP contribution in [0.4, 0.5) is 0 Å². The quantitative estimate of drug-likeness (QED) is 0.108. The Bertz CT molecular complexity index is 2680. The van der Waals surface area contributed by atoms with Crippen LogP contribution in [0.1, 0.15) is 55.6 Å². The molecule has 0 bridgehead atoms. The van der Waals surface area contributed by atoms with Crippen molar-refractivity contribution in [3.05, 3.63) is 238 Å². The molecule has 3 N–H and O–H groups in total. The second-order valence-corrected chi connectivity index (χ2v) is 20.4. The van der Waals surface area contributed by atoms with Gasteiger partial charge in [0.15, 0.2) is 0 Å². The summed E-state index contributed by atoms with van der Waals surface area (Å²) in [5, 5.41) is 38.4. The monoisotopic (exact) mass is 806 g/mol. The molecule has 0 aromatic heterocycles. The topological polar surface area (TPSA) is 69.9 Å². The van der Waals surface area contributed by atoms with E-state index >= 15 is 0 Å². The second-order valence-electron chi connectivity index (χ2n) is 16.1. The summed E-state index contributed by atoms with van der Waals surface area (Å²) in [6.45, 7) is 3.95. The summed E-state index contributed by atoms with van der Waals surface area (Å²) in [6.07, 6.45) is 1.15. The minimum absolute atomic E-state index is 0.194. The second kappa shape index (κ2) is 16.6. The molecule has 8 rings (SSSR count). The van der Waals surface area contributed by atoms with Crippen LogP contribution in [0, 0.1) is 27.7 Å². The number of aromatic hydroxyl groups is 3. The fourth-order valence-electron chi connectivity index (χ4n) is 8.82. The summed E-state index contributed by atoms with van der Waals surface area (Å²) < 4.78 is 8.41. The predicted octanol–water partition coefficient (Wildman–Crippen LogP) is 11.0. The van der Waals surface area contributed by atoms with Gasteiger partial charge in [0.25, 0.3) is 0 Å². The van der Waals surface area contributed by atoms with E-state index in [1.165, 1.54) is 0 Å². The number of rotatable bonds is 12. The molecule has 0 fully saturated rings. The van der Waals surface area contributed by atoms with Gasteiger partial charge in [-0.15, -0.1) is 0 Å². The van der Waals surface area contributed by atoms with E-state index in [-0.39, 0.29) is 17.2 Å². The summed E-state index contributed by atoms with van der Waals surface area (Å²) in [6, 6.07) is 62.3. The molecule has 0 aliphatic carbocycles. The molecule has 0 atom stereocenters. The zero-order chi connectivity index (χ0) is 41.9. The Morgan fingerprint density at radius 1 is 0.350 bits per heavy atom. The maximum absolute atomic E-state index is 12.1. The van der Waals surface area contributed by atoms with Gasteiger partial charge in [-0.05, 0) is 0 Å². The van der Waals surface area contributed by atoms with E-state index in [1.807, 2.05) is 57.2 Å². The molecular formula is C55H51O4P. The Morgan fingerprint density at radius 2 is 0.717 bits per heavy atom. The first-order chi connectivity index (χ1) is 29.0. The first-order valence-corrected chi connectivity index (χ1v) is 22.7. The van der Waals surface area contributed by atoms with Crippen LogP contribution in [0.25, 0.3) is 0 Å². The molecule has 0 saturated carbocycles. The van der Waals surface area contributed by atoms with Gasteiger partial charge in [0, 0.05) is 0 Å². The summed E-state index contributed by atoms with van der Waals surface area (Å²) in [5.41, 5.74) is 9.10. The van der Waals surface area contributed by atoms with Crippen LogP contribution in [-0.2, 0) is 19.3 Å². The van der Waals surface area contributed by atoms with Crippen molar-refractivity contribution in [2.75, 3.05) is 0 Å². The molecule has 0 amide bonds. The van der Waals surface area contributed by atoms with Gasteiger partial charge >= 0.3 is 355 Å². The Labute approximate surface area is 354 Å². The predicted molar refractivity (Wildman–Crippen MR) is 250 cm³/mol. The standard InChI is InChI=1S/C55H51O4P/c1-38-23-27-51(28-24-38)60(48-17-8-5-9-18-48,49-19-10-6-11-20-49,50-21-12-7-13-22-50)59-55-42(35-44-31-39(2)25-29-52(44)56)15-14-16-43(55)36-46-33-41(4)34-47(54(46)58)37-45-32-40(3)26-30-53(45)57/h5-34,56-58H,35-37H2,1-4H3. The average molecular weight is 807 g/mol. The molecule has 8 aromatic carbocycles. The number of phenols is 3. The summed E-state index contributed by atoms with van der Waals surface area (Å²) in [5.74, 6) is 1.32. The molecular weight excluding hydrogens is 756 g/mol. The first-order valence-electron chi connectivity index (χ1n) is 20.5. The number of hydrogen-bond acceptors (Lipinski definition) is 4. The van der Waals surface area contributed by atoms with Crippen molar-refractivity contribution >= 4 is 28.0 Å². The van der Waals surface area contributed by atoms with Gasteiger partial charge in [-0.25, -0.2) is 0 Å². The molecule has 0 spiro atoms. The first kappa shape index (κ1) is 40.2. The van der Waals surface area contributed by atoms with Crippen LogP contribution in [0.3, 0.4) is 0 Å². The van der Waals surface area contributed by atoms with Gasteiger partial charge < -0.3 is 0 Å². The number of benzene rings is 8. The van der Waals surface area contributed by atoms with Crippen molar-refractivity contribution in [1.29, 1.82) is 0 Å². The van der Waals surface area contributed by atoms with Crippen LogP contribution >= 0.6 is 6.83 Å². The van der Waals surface area contributed by atoms with Gasteiger partial charge in [-0.2, -0.15) is 0 Å². The fraction of sp³-hybridized carbons (Fsp3) is 0.127. The molecule has 8 aromatic rings. The van der Waals surface area contributed by atoms with E-state index in [4.69, 9.17) is 4.52 Å². The van der Waals surface area contributed by atoms with Crippen LogP contribution in [0.5, 0.6) is 23.0 Å². The van der Waals surface area contributed by atoms with Gasteiger partial charge in [0.2, 0.25) is 0 Å². The van der Waals surface area contributed by atoms with Crippen molar-refractivity contribution < 1.29 is 19.8 Å². The Balaban J connectivity index is 1.44. The van der Waals surface area contributed by atoms with Crippen molar-refractivity contribution in [3.63, 3.8) is 0 Å². The molecule has 0 radical (unpaired) electrons. The summed E-state index contributed by atoms with van der Waals surface area (Å²) >= 11 is 0. The SMILES string of the molecule is Cc1ccc(P(Oc2c(Cc3cc(C)ccc3O)cccc2Cc2cc(C)cc(Cc3cc(C)ccc3O)c2O)(c2ccccc2)(c2ccccc2)c2ccccc2)cc1. The molecule has 60 heavy (non-hydrogen) atoms. The third kappa shape index (κ3) is 7.33. The van der Waals surface area contributed by atoms with E-state index in [0.717, 1.165) is 76.9 Å². The Hall–Kier alpha value is -6.61. The maximum atomic E-state index is 12.1. The van der Waals surface area contributed by atoms with Gasteiger partial charge in [-0.3, -0.25) is 0 Å². The Morgan fingerprint density at radius 3 is 1.17 bits per heavy atom. The Kier molecular flexibility index (Phi) is 11.1. The van der Waals surface area contributed by atoms with Gasteiger partial charge in [0.05, 0.1) is 0 Å². The van der Waals surface area contributed by atoms with E-state index in [9.17, 15) is 15.3 Å². The van der Waals surface area contributed by atoms with Crippen LogP contribution in [-0.4, -0.2) is 15.3 Å². The van der Waals surface area contributed by atoms with Crippen molar-refractivity contribution in [3.8, 4) is 23.0 Å².